The molecule has 3 aromatic carbocycles. The van der Waals surface area contributed by atoms with Crippen LogP contribution < -0.4 is 5.43 Å². The number of benzene rings is 3. The SMILES string of the molecule is CCOC(=O)c1cn(C2CC2)c2cc(-c3ccc4c(c3)CN(S(=O)(=O)c3ccc(C)cc3)C4C)c(F)cc2c1=O. The van der Waals surface area contributed by atoms with Crippen LogP contribution in [0.3, 0.4) is 0 Å². The van der Waals surface area contributed by atoms with Crippen LogP contribution in [0.1, 0.15) is 65.8 Å². The van der Waals surface area contributed by atoms with Gasteiger partial charge in [-0.1, -0.05) is 29.8 Å². The van der Waals surface area contributed by atoms with Crippen molar-refractivity contribution in [3.63, 3.8) is 0 Å². The number of aromatic nitrogens is 1. The van der Waals surface area contributed by atoms with Gasteiger partial charge < -0.3 is 9.30 Å². The molecule has 9 heteroatoms. The third-order valence-electron chi connectivity index (χ3n) is 7.85. The minimum Gasteiger partial charge on any atom is -0.462 e. The molecule has 0 saturated heterocycles. The van der Waals surface area contributed by atoms with Crippen LogP contribution in [0.2, 0.25) is 0 Å². The van der Waals surface area contributed by atoms with Crippen molar-refractivity contribution in [2.75, 3.05) is 6.61 Å². The van der Waals surface area contributed by atoms with Crippen molar-refractivity contribution in [2.24, 2.45) is 0 Å². The maximum atomic E-state index is 15.6. The van der Waals surface area contributed by atoms with Crippen LogP contribution in [0.25, 0.3) is 22.0 Å². The molecule has 0 amide bonds. The van der Waals surface area contributed by atoms with E-state index in [9.17, 15) is 18.0 Å². The minimum absolute atomic E-state index is 0.102. The number of hydrogen-bond donors (Lipinski definition) is 0. The smallest absolute Gasteiger partial charge is 0.343 e. The van der Waals surface area contributed by atoms with Gasteiger partial charge in [-0.2, -0.15) is 4.31 Å². The van der Waals surface area contributed by atoms with Crippen molar-refractivity contribution in [1.82, 2.24) is 8.87 Å². The third kappa shape index (κ3) is 4.33. The first-order valence-electron chi connectivity index (χ1n) is 13.4. The summed E-state index contributed by atoms with van der Waals surface area (Å²) in [4.78, 5) is 25.8. The molecule has 1 saturated carbocycles. The second kappa shape index (κ2) is 9.67. The Morgan fingerprint density at radius 1 is 1.07 bits per heavy atom. The molecule has 4 aromatic rings. The summed E-state index contributed by atoms with van der Waals surface area (Å²) in [6.45, 7) is 5.72. The standard InChI is InChI=1S/C31H29FN2O5S/c1-4-39-31(36)27-17-33(22-8-9-22)29-15-25(28(32)14-26(29)30(27)35)20-7-12-24-19(3)34(16-21(24)13-20)40(37,38)23-10-5-18(2)6-11-23/h5-7,10-15,17,19,22H,4,8-9,16H2,1-3H3. The number of rotatable bonds is 6. The first-order chi connectivity index (χ1) is 19.1. The molecule has 206 valence electrons. The van der Waals surface area contributed by atoms with Crippen LogP contribution in [-0.2, 0) is 21.3 Å². The van der Waals surface area contributed by atoms with E-state index in [4.69, 9.17) is 4.74 Å². The Hall–Kier alpha value is -3.82. The molecule has 0 N–H and O–H groups in total. The van der Waals surface area contributed by atoms with Crippen molar-refractivity contribution < 1.29 is 22.3 Å². The fourth-order valence-corrected chi connectivity index (χ4v) is 7.11. The molecule has 0 radical (unpaired) electrons. The van der Waals surface area contributed by atoms with Gasteiger partial charge in [0.1, 0.15) is 11.4 Å². The first kappa shape index (κ1) is 26.4. The Morgan fingerprint density at radius 2 is 1.80 bits per heavy atom. The van der Waals surface area contributed by atoms with E-state index in [1.807, 2.05) is 30.5 Å². The molecule has 1 aliphatic heterocycles. The average molecular weight is 561 g/mol. The second-order valence-electron chi connectivity index (χ2n) is 10.5. The van der Waals surface area contributed by atoms with Gasteiger partial charge in [0.05, 0.1) is 17.0 Å². The molecular formula is C31H29FN2O5S. The number of fused-ring (bicyclic) bond motifs is 2. The second-order valence-corrected chi connectivity index (χ2v) is 12.4. The molecule has 1 unspecified atom stereocenters. The van der Waals surface area contributed by atoms with Gasteiger partial charge in [-0.15, -0.1) is 0 Å². The summed E-state index contributed by atoms with van der Waals surface area (Å²) in [5, 5.41) is 0.129. The van der Waals surface area contributed by atoms with Gasteiger partial charge in [-0.05, 0) is 80.6 Å². The Labute approximate surface area is 231 Å². The van der Waals surface area contributed by atoms with E-state index in [0.29, 0.717) is 16.6 Å². The Bertz CT molecular complexity index is 1840. The number of halogens is 1. The predicted molar refractivity (Wildman–Crippen MR) is 150 cm³/mol. The van der Waals surface area contributed by atoms with Gasteiger partial charge in [-0.3, -0.25) is 4.79 Å². The van der Waals surface area contributed by atoms with E-state index >= 15 is 4.39 Å². The van der Waals surface area contributed by atoms with Crippen LogP contribution in [0.15, 0.2) is 70.5 Å². The Kier molecular flexibility index (Phi) is 6.39. The van der Waals surface area contributed by atoms with E-state index in [0.717, 1.165) is 29.5 Å². The summed E-state index contributed by atoms with van der Waals surface area (Å²) in [5.41, 5.74) is 3.43. The van der Waals surface area contributed by atoms with Crippen LogP contribution in [-0.4, -0.2) is 29.9 Å². The lowest BCUT2D eigenvalue weighted by molar-refractivity contribution is 0.0524. The van der Waals surface area contributed by atoms with Crippen molar-refractivity contribution in [2.45, 2.75) is 57.1 Å². The fraction of sp³-hybridized carbons (Fsp3) is 0.290. The van der Waals surface area contributed by atoms with Crippen LogP contribution in [0.5, 0.6) is 0 Å². The number of sulfonamides is 1. The zero-order valence-electron chi connectivity index (χ0n) is 22.5. The summed E-state index contributed by atoms with van der Waals surface area (Å²) in [5.74, 6) is -1.31. The number of carbonyl (C=O) groups excluding carboxylic acids is 1. The molecule has 0 spiro atoms. The number of aryl methyl sites for hydroxylation is 1. The van der Waals surface area contributed by atoms with E-state index in [1.54, 1.807) is 43.3 Å². The summed E-state index contributed by atoms with van der Waals surface area (Å²) in [6.07, 6.45) is 3.32. The normalized spacial score (nSPS) is 17.2. The van der Waals surface area contributed by atoms with E-state index in [2.05, 4.69) is 0 Å². The largest absolute Gasteiger partial charge is 0.462 e. The van der Waals surface area contributed by atoms with Crippen LogP contribution >= 0.6 is 0 Å². The van der Waals surface area contributed by atoms with E-state index in [1.165, 1.54) is 16.6 Å². The van der Waals surface area contributed by atoms with Gasteiger partial charge in [0.15, 0.2) is 0 Å². The number of nitrogens with zero attached hydrogens (tertiary/aromatic N) is 2. The molecule has 1 fully saturated rings. The topological polar surface area (TPSA) is 85.7 Å². The zero-order chi connectivity index (χ0) is 28.3. The molecule has 0 bridgehead atoms. The van der Waals surface area contributed by atoms with Gasteiger partial charge in [0.2, 0.25) is 15.5 Å². The fourth-order valence-electron chi connectivity index (χ4n) is 5.52. The lowest BCUT2D eigenvalue weighted by Crippen LogP contribution is -2.28. The molecule has 1 aliphatic carbocycles. The molecular weight excluding hydrogens is 531 g/mol. The highest BCUT2D eigenvalue weighted by Gasteiger charge is 2.36. The maximum Gasteiger partial charge on any atom is 0.343 e. The summed E-state index contributed by atoms with van der Waals surface area (Å²) in [7, 11) is -3.73. The molecule has 2 heterocycles. The van der Waals surface area contributed by atoms with Crippen LogP contribution in [0, 0.1) is 12.7 Å². The van der Waals surface area contributed by atoms with Gasteiger partial charge >= 0.3 is 5.97 Å². The average Bonchev–Trinajstić information content (AvgIpc) is 3.72. The van der Waals surface area contributed by atoms with Crippen LogP contribution in [0.4, 0.5) is 4.39 Å². The number of esters is 1. The highest BCUT2D eigenvalue weighted by molar-refractivity contribution is 7.89. The van der Waals surface area contributed by atoms with E-state index in [-0.39, 0.29) is 41.1 Å². The molecule has 1 aromatic heterocycles. The monoisotopic (exact) mass is 560 g/mol. The highest BCUT2D eigenvalue weighted by Crippen LogP contribution is 2.41. The van der Waals surface area contributed by atoms with Crippen molar-refractivity contribution in [3.8, 4) is 11.1 Å². The Balaban J connectivity index is 1.41. The van der Waals surface area contributed by atoms with Gasteiger partial charge in [0, 0.05) is 35.8 Å². The molecule has 6 rings (SSSR count). The molecule has 1 atom stereocenters. The van der Waals surface area contributed by atoms with Gasteiger partial charge in [0.25, 0.3) is 0 Å². The number of pyridine rings is 1. The molecule has 7 nitrogen and oxygen atoms in total. The molecule has 2 aliphatic rings. The quantitative estimate of drug-likeness (QED) is 0.275. The number of hydrogen-bond acceptors (Lipinski definition) is 5. The minimum atomic E-state index is -3.73. The van der Waals surface area contributed by atoms with Crippen molar-refractivity contribution >= 4 is 26.9 Å². The molecule has 40 heavy (non-hydrogen) atoms. The summed E-state index contributed by atoms with van der Waals surface area (Å²) >= 11 is 0. The zero-order valence-corrected chi connectivity index (χ0v) is 23.3. The number of ether oxygens (including phenoxy) is 1. The first-order valence-corrected chi connectivity index (χ1v) is 14.8. The maximum absolute atomic E-state index is 15.6. The summed E-state index contributed by atoms with van der Waals surface area (Å²) < 4.78 is 50.9. The van der Waals surface area contributed by atoms with E-state index < -0.39 is 27.2 Å². The van der Waals surface area contributed by atoms with Crippen molar-refractivity contribution in [3.05, 3.63) is 99.1 Å². The van der Waals surface area contributed by atoms with Gasteiger partial charge in [-0.25, -0.2) is 17.6 Å². The Morgan fingerprint density at radius 3 is 2.48 bits per heavy atom. The number of carbonyl (C=O) groups is 1. The van der Waals surface area contributed by atoms with Crippen molar-refractivity contribution in [1.29, 1.82) is 0 Å². The third-order valence-corrected chi connectivity index (χ3v) is 9.78. The summed E-state index contributed by atoms with van der Waals surface area (Å²) in [6, 6.07) is 14.8. The highest BCUT2D eigenvalue weighted by atomic mass is 32.2. The lowest BCUT2D eigenvalue weighted by Gasteiger charge is -2.21. The predicted octanol–water partition coefficient (Wildman–Crippen LogP) is 5.89. The lowest BCUT2D eigenvalue weighted by atomic mass is 9.97.